The summed E-state index contributed by atoms with van der Waals surface area (Å²) in [6, 6.07) is 11.6. The number of ether oxygens (including phenoxy) is 1. The molecule has 2 aliphatic heterocycles. The first-order valence-corrected chi connectivity index (χ1v) is 8.41. The summed E-state index contributed by atoms with van der Waals surface area (Å²) in [5.74, 6) is 1.09. The zero-order chi connectivity index (χ0) is 13.8. The van der Waals surface area contributed by atoms with E-state index in [1.807, 2.05) is 11.8 Å². The van der Waals surface area contributed by atoms with Crippen molar-refractivity contribution in [1.82, 2.24) is 5.32 Å². The second-order valence-corrected chi connectivity index (χ2v) is 6.64. The first-order valence-electron chi connectivity index (χ1n) is 7.42. The highest BCUT2D eigenvalue weighted by Crippen LogP contribution is 2.22. The molecule has 0 radical (unpaired) electrons. The van der Waals surface area contributed by atoms with Gasteiger partial charge in [-0.15, -0.1) is 0 Å². The zero-order valence-corrected chi connectivity index (χ0v) is 12.7. The highest BCUT2D eigenvalue weighted by Gasteiger charge is 2.24. The van der Waals surface area contributed by atoms with Crippen LogP contribution in [0.3, 0.4) is 0 Å². The minimum atomic E-state index is 0.369. The van der Waals surface area contributed by atoms with Crippen molar-refractivity contribution >= 4 is 16.9 Å². The van der Waals surface area contributed by atoms with Crippen molar-refractivity contribution in [2.24, 2.45) is 4.99 Å². The van der Waals surface area contributed by atoms with Crippen molar-refractivity contribution in [2.75, 3.05) is 12.4 Å². The lowest BCUT2D eigenvalue weighted by molar-refractivity contribution is 0.0168. The fourth-order valence-corrected chi connectivity index (χ4v) is 3.81. The van der Waals surface area contributed by atoms with Gasteiger partial charge in [-0.3, -0.25) is 4.99 Å². The Kier molecular flexibility index (Phi) is 4.63. The van der Waals surface area contributed by atoms with Crippen molar-refractivity contribution in [3.63, 3.8) is 0 Å². The van der Waals surface area contributed by atoms with Crippen molar-refractivity contribution in [1.29, 1.82) is 0 Å². The van der Waals surface area contributed by atoms with E-state index in [0.29, 0.717) is 18.2 Å². The number of thioether (sulfide) groups is 1. The molecule has 4 heteroatoms. The summed E-state index contributed by atoms with van der Waals surface area (Å²) in [6.45, 7) is 3.01. The Morgan fingerprint density at radius 2 is 2.20 bits per heavy atom. The van der Waals surface area contributed by atoms with Crippen LogP contribution < -0.4 is 5.32 Å². The van der Waals surface area contributed by atoms with Crippen LogP contribution in [0, 0.1) is 0 Å². The predicted octanol–water partition coefficient (Wildman–Crippen LogP) is 2.86. The fraction of sp³-hybridized carbons (Fsp3) is 0.562. The van der Waals surface area contributed by atoms with E-state index in [0.717, 1.165) is 36.8 Å². The molecule has 3 atom stereocenters. The van der Waals surface area contributed by atoms with Gasteiger partial charge in [-0.25, -0.2) is 0 Å². The summed E-state index contributed by atoms with van der Waals surface area (Å²) in [5, 5.41) is 4.73. The Hall–Kier alpha value is -1.00. The number of hydrogen-bond acceptors (Lipinski definition) is 4. The number of hydrogen-bond donors (Lipinski definition) is 1. The van der Waals surface area contributed by atoms with Gasteiger partial charge in [0.05, 0.1) is 12.1 Å². The molecule has 0 bridgehead atoms. The maximum absolute atomic E-state index is 5.59. The average molecular weight is 290 g/mol. The number of rotatable bonds is 3. The summed E-state index contributed by atoms with van der Waals surface area (Å²) in [4.78, 5) is 4.83. The Balaban J connectivity index is 1.52. The second kappa shape index (κ2) is 6.64. The molecular formula is C16H22N2OS. The first-order chi connectivity index (χ1) is 9.79. The van der Waals surface area contributed by atoms with Crippen LogP contribution in [0.15, 0.2) is 35.3 Å². The van der Waals surface area contributed by atoms with Gasteiger partial charge in [-0.2, -0.15) is 0 Å². The van der Waals surface area contributed by atoms with Gasteiger partial charge < -0.3 is 10.1 Å². The lowest BCUT2D eigenvalue weighted by Crippen LogP contribution is -2.39. The van der Waals surface area contributed by atoms with E-state index in [1.54, 1.807) is 0 Å². The van der Waals surface area contributed by atoms with Gasteiger partial charge in [0.25, 0.3) is 0 Å². The van der Waals surface area contributed by atoms with Gasteiger partial charge in [0.1, 0.15) is 0 Å². The molecule has 3 rings (SSSR count). The molecule has 0 aromatic heterocycles. The van der Waals surface area contributed by atoms with Gasteiger partial charge in [0.2, 0.25) is 0 Å². The Labute approximate surface area is 125 Å². The Morgan fingerprint density at radius 3 is 3.00 bits per heavy atom. The monoisotopic (exact) mass is 290 g/mol. The van der Waals surface area contributed by atoms with Crippen LogP contribution in [0.2, 0.25) is 0 Å². The normalized spacial score (nSPS) is 30.1. The largest absolute Gasteiger partial charge is 0.378 e. The molecular weight excluding hydrogens is 268 g/mol. The van der Waals surface area contributed by atoms with E-state index in [2.05, 4.69) is 42.6 Å². The number of nitrogens with one attached hydrogen (secondary N) is 1. The molecule has 0 aliphatic carbocycles. The third-order valence-corrected chi connectivity index (χ3v) is 4.89. The molecule has 0 amide bonds. The maximum Gasteiger partial charge on any atom is 0.157 e. The van der Waals surface area contributed by atoms with Crippen molar-refractivity contribution in [3.8, 4) is 0 Å². The minimum Gasteiger partial charge on any atom is -0.378 e. The molecule has 0 saturated carbocycles. The van der Waals surface area contributed by atoms with E-state index in [-0.39, 0.29) is 0 Å². The Bertz CT molecular complexity index is 463. The summed E-state index contributed by atoms with van der Waals surface area (Å²) < 4.78 is 5.59. The van der Waals surface area contributed by atoms with Crippen LogP contribution >= 0.6 is 11.8 Å². The van der Waals surface area contributed by atoms with Crippen LogP contribution in [0.25, 0.3) is 0 Å². The van der Waals surface area contributed by atoms with Crippen LogP contribution in [0.4, 0.5) is 0 Å². The van der Waals surface area contributed by atoms with E-state index in [4.69, 9.17) is 9.73 Å². The molecule has 1 aromatic carbocycles. The molecule has 1 aromatic rings. The molecule has 1 fully saturated rings. The van der Waals surface area contributed by atoms with Gasteiger partial charge >= 0.3 is 0 Å². The Morgan fingerprint density at radius 1 is 1.35 bits per heavy atom. The van der Waals surface area contributed by atoms with E-state index < -0.39 is 0 Å². The topological polar surface area (TPSA) is 33.6 Å². The molecule has 1 N–H and O–H groups in total. The van der Waals surface area contributed by atoms with Crippen LogP contribution in [0.1, 0.15) is 25.3 Å². The SMILES string of the molecule is CC1CC(NC2=NC(Cc3ccccc3)CS2)CCO1. The zero-order valence-electron chi connectivity index (χ0n) is 11.9. The van der Waals surface area contributed by atoms with E-state index >= 15 is 0 Å². The van der Waals surface area contributed by atoms with Gasteiger partial charge in [-0.05, 0) is 31.7 Å². The quantitative estimate of drug-likeness (QED) is 0.929. The third kappa shape index (κ3) is 3.76. The first kappa shape index (κ1) is 14.0. The van der Waals surface area contributed by atoms with Gasteiger partial charge in [0.15, 0.2) is 5.17 Å². The highest BCUT2D eigenvalue weighted by molar-refractivity contribution is 8.14. The predicted molar refractivity (Wildman–Crippen MR) is 85.4 cm³/mol. The fourth-order valence-electron chi connectivity index (χ4n) is 2.79. The number of aliphatic imine (C=N–C) groups is 1. The lowest BCUT2D eigenvalue weighted by atomic mass is 10.1. The molecule has 3 unspecified atom stereocenters. The smallest absolute Gasteiger partial charge is 0.157 e. The molecule has 2 heterocycles. The molecule has 108 valence electrons. The maximum atomic E-state index is 5.59. The minimum absolute atomic E-state index is 0.369. The van der Waals surface area contributed by atoms with Crippen molar-refractivity contribution < 1.29 is 4.74 Å². The summed E-state index contributed by atoms with van der Waals surface area (Å²) in [7, 11) is 0. The van der Waals surface area contributed by atoms with Crippen LogP contribution in [-0.4, -0.2) is 35.7 Å². The van der Waals surface area contributed by atoms with Crippen molar-refractivity contribution in [2.45, 2.75) is 44.4 Å². The van der Waals surface area contributed by atoms with Gasteiger partial charge in [0, 0.05) is 18.4 Å². The molecule has 20 heavy (non-hydrogen) atoms. The summed E-state index contributed by atoms with van der Waals surface area (Å²) in [6.07, 6.45) is 3.59. The summed E-state index contributed by atoms with van der Waals surface area (Å²) in [5.41, 5.74) is 1.38. The van der Waals surface area contributed by atoms with E-state index in [9.17, 15) is 0 Å². The summed E-state index contributed by atoms with van der Waals surface area (Å²) >= 11 is 1.86. The van der Waals surface area contributed by atoms with Gasteiger partial charge in [-0.1, -0.05) is 42.1 Å². The number of amidine groups is 1. The lowest BCUT2D eigenvalue weighted by Gasteiger charge is -2.28. The van der Waals surface area contributed by atoms with Crippen LogP contribution in [-0.2, 0) is 11.2 Å². The van der Waals surface area contributed by atoms with E-state index in [1.165, 1.54) is 5.56 Å². The second-order valence-electron chi connectivity index (χ2n) is 5.64. The molecule has 1 saturated heterocycles. The van der Waals surface area contributed by atoms with Crippen LogP contribution in [0.5, 0.6) is 0 Å². The average Bonchev–Trinajstić information content (AvgIpc) is 2.87. The third-order valence-electron chi connectivity index (χ3n) is 3.84. The molecule has 0 spiro atoms. The molecule has 2 aliphatic rings. The molecule has 3 nitrogen and oxygen atoms in total. The highest BCUT2D eigenvalue weighted by atomic mass is 32.2. The standard InChI is InChI=1S/C16H22N2OS/c1-12-9-14(7-8-19-12)17-16-18-15(11-20-16)10-13-5-3-2-4-6-13/h2-6,12,14-15H,7-11H2,1H3,(H,17,18). The van der Waals surface area contributed by atoms with Crippen molar-refractivity contribution in [3.05, 3.63) is 35.9 Å². The number of nitrogens with zero attached hydrogens (tertiary/aromatic N) is 1. The number of benzene rings is 1.